The minimum Gasteiger partial charge on any atom is -0.508 e. The van der Waals surface area contributed by atoms with E-state index in [-0.39, 0.29) is 56.3 Å². The first-order valence-electron chi connectivity index (χ1n) is 13.3. The maximum atomic E-state index is 13.4. The number of guanidine groups is 1. The van der Waals surface area contributed by atoms with Crippen molar-refractivity contribution in [2.75, 3.05) is 6.54 Å². The van der Waals surface area contributed by atoms with E-state index in [2.05, 4.69) is 20.9 Å². The summed E-state index contributed by atoms with van der Waals surface area (Å²) in [5.74, 6) is -4.55. The fourth-order valence-corrected chi connectivity index (χ4v) is 3.76. The number of carboxylic acids is 1. The maximum absolute atomic E-state index is 13.4. The van der Waals surface area contributed by atoms with Crippen molar-refractivity contribution < 1.29 is 34.2 Å². The number of carboxylic acid groups (broad SMARTS) is 1. The number of nitrogens with one attached hydrogen (secondary N) is 3. The number of nitrogens with zero attached hydrogens (tertiary/aromatic N) is 1. The maximum Gasteiger partial charge on any atom is 0.326 e. The van der Waals surface area contributed by atoms with E-state index in [1.165, 1.54) is 12.1 Å². The number of aromatic hydroxyl groups is 1. The summed E-state index contributed by atoms with van der Waals surface area (Å²) < 4.78 is 0. The number of hydrogen-bond donors (Lipinski definition) is 9. The molecule has 0 aliphatic heterocycles. The third-order valence-corrected chi connectivity index (χ3v) is 6.40. The van der Waals surface area contributed by atoms with E-state index in [1.54, 1.807) is 19.1 Å². The van der Waals surface area contributed by atoms with Gasteiger partial charge in [-0.05, 0) is 42.9 Å². The van der Waals surface area contributed by atoms with Crippen LogP contribution in [-0.2, 0) is 30.4 Å². The lowest BCUT2D eigenvalue weighted by Crippen LogP contribution is -2.59. The van der Waals surface area contributed by atoms with Crippen molar-refractivity contribution in [1.29, 1.82) is 0 Å². The summed E-state index contributed by atoms with van der Waals surface area (Å²) in [6.45, 7) is 3.70. The SMILES string of the molecule is CCC(C)C(NC(=O)C(N)CCC(N)=O)C(=O)NC(Cc1ccc(O)cc1)C(=O)NC(CCCN=C(N)N)C(=O)O. The summed E-state index contributed by atoms with van der Waals surface area (Å²) in [5.41, 5.74) is 22.1. The van der Waals surface area contributed by atoms with Gasteiger partial charge in [0.15, 0.2) is 5.96 Å². The topological polar surface area (TPSA) is 278 Å². The molecule has 0 aliphatic carbocycles. The normalized spacial score (nSPS) is 14.4. The lowest BCUT2D eigenvalue weighted by atomic mass is 9.96. The van der Waals surface area contributed by atoms with Gasteiger partial charge in [-0.3, -0.25) is 24.2 Å². The number of hydrogen-bond acceptors (Lipinski definition) is 8. The Bertz CT molecular complexity index is 1080. The van der Waals surface area contributed by atoms with Crippen molar-refractivity contribution in [3.8, 4) is 5.75 Å². The van der Waals surface area contributed by atoms with E-state index in [0.29, 0.717) is 12.0 Å². The van der Waals surface area contributed by atoms with Crippen LogP contribution in [0.3, 0.4) is 0 Å². The predicted molar refractivity (Wildman–Crippen MR) is 151 cm³/mol. The first-order chi connectivity index (χ1) is 19.2. The third kappa shape index (κ3) is 13.0. The Labute approximate surface area is 238 Å². The van der Waals surface area contributed by atoms with Crippen LogP contribution in [0.1, 0.15) is 51.5 Å². The quantitative estimate of drug-likeness (QED) is 0.0533. The molecule has 5 unspecified atom stereocenters. The fraction of sp³-hybridized carbons (Fsp3) is 0.538. The van der Waals surface area contributed by atoms with Crippen LogP contribution in [-0.4, -0.2) is 76.5 Å². The Hall–Kier alpha value is -4.40. The predicted octanol–water partition coefficient (Wildman–Crippen LogP) is -1.83. The highest BCUT2D eigenvalue weighted by molar-refractivity contribution is 5.94. The first kappa shape index (κ1) is 34.6. The van der Waals surface area contributed by atoms with E-state index >= 15 is 0 Å². The number of benzene rings is 1. The molecule has 5 atom stereocenters. The van der Waals surface area contributed by atoms with Crippen LogP contribution >= 0.6 is 0 Å². The van der Waals surface area contributed by atoms with Crippen molar-refractivity contribution in [2.24, 2.45) is 33.8 Å². The second-order valence-corrected chi connectivity index (χ2v) is 9.76. The highest BCUT2D eigenvalue weighted by Crippen LogP contribution is 2.14. The number of aliphatic imine (C=N–C) groups is 1. The molecular weight excluding hydrogens is 536 g/mol. The summed E-state index contributed by atoms with van der Waals surface area (Å²) in [5, 5.41) is 26.9. The number of carbonyl (C=O) groups excluding carboxylic acids is 4. The van der Waals surface area contributed by atoms with Gasteiger partial charge in [0.1, 0.15) is 23.9 Å². The summed E-state index contributed by atoms with van der Waals surface area (Å²) in [4.78, 5) is 66.0. The molecule has 0 saturated carbocycles. The lowest BCUT2D eigenvalue weighted by molar-refractivity contribution is -0.142. The van der Waals surface area contributed by atoms with Gasteiger partial charge in [0.2, 0.25) is 23.6 Å². The standard InChI is InChI=1S/C26H42N8O7/c1-3-14(2)21(34-22(37)17(27)10-11-20(28)36)24(39)33-19(13-15-6-8-16(35)9-7-15)23(38)32-18(25(40)41)5-4-12-31-26(29)30/h6-9,14,17-19,21,35H,3-5,10-13,27H2,1-2H3,(H2,28,36)(H,32,38)(H,33,39)(H,34,37)(H,40,41)(H4,29,30,31). The van der Waals surface area contributed by atoms with Gasteiger partial charge in [0.25, 0.3) is 0 Å². The molecule has 0 saturated heterocycles. The fourth-order valence-electron chi connectivity index (χ4n) is 3.76. The Morgan fingerprint density at radius 1 is 0.902 bits per heavy atom. The Morgan fingerprint density at radius 2 is 1.51 bits per heavy atom. The molecule has 0 aromatic heterocycles. The number of amides is 4. The zero-order valence-electron chi connectivity index (χ0n) is 23.3. The van der Waals surface area contributed by atoms with Gasteiger partial charge in [-0.25, -0.2) is 4.79 Å². The van der Waals surface area contributed by atoms with Crippen LogP contribution in [0, 0.1) is 5.92 Å². The second kappa shape index (κ2) is 17.3. The monoisotopic (exact) mass is 578 g/mol. The molecule has 0 bridgehead atoms. The lowest BCUT2D eigenvalue weighted by Gasteiger charge is -2.28. The van der Waals surface area contributed by atoms with Crippen molar-refractivity contribution in [1.82, 2.24) is 16.0 Å². The molecule has 41 heavy (non-hydrogen) atoms. The first-order valence-corrected chi connectivity index (χ1v) is 13.3. The van der Waals surface area contributed by atoms with E-state index in [4.69, 9.17) is 22.9 Å². The van der Waals surface area contributed by atoms with Crippen LogP contribution in [0.5, 0.6) is 5.75 Å². The molecule has 228 valence electrons. The van der Waals surface area contributed by atoms with E-state index < -0.39 is 53.8 Å². The summed E-state index contributed by atoms with van der Waals surface area (Å²) >= 11 is 0. The number of rotatable bonds is 18. The number of phenolic OH excluding ortho intramolecular Hbond substituents is 1. The minimum absolute atomic E-state index is 0.00211. The molecule has 13 N–H and O–H groups in total. The summed E-state index contributed by atoms with van der Waals surface area (Å²) in [6, 6.07) is 1.22. The van der Waals surface area contributed by atoms with Gasteiger partial charge in [-0.2, -0.15) is 0 Å². The number of primary amides is 1. The number of phenols is 1. The van der Waals surface area contributed by atoms with Crippen molar-refractivity contribution in [3.05, 3.63) is 29.8 Å². The minimum atomic E-state index is -1.29. The van der Waals surface area contributed by atoms with Crippen LogP contribution in [0.15, 0.2) is 29.3 Å². The van der Waals surface area contributed by atoms with E-state index in [0.717, 1.165) is 0 Å². The molecule has 0 radical (unpaired) electrons. The van der Waals surface area contributed by atoms with Crippen LogP contribution in [0.4, 0.5) is 0 Å². The van der Waals surface area contributed by atoms with Crippen LogP contribution < -0.4 is 38.9 Å². The van der Waals surface area contributed by atoms with Crippen LogP contribution in [0.2, 0.25) is 0 Å². The van der Waals surface area contributed by atoms with Gasteiger partial charge >= 0.3 is 5.97 Å². The molecule has 1 aromatic carbocycles. The zero-order valence-corrected chi connectivity index (χ0v) is 23.3. The van der Waals surface area contributed by atoms with Gasteiger partial charge in [0.05, 0.1) is 6.04 Å². The Kier molecular flexibility index (Phi) is 14.6. The molecule has 0 aliphatic rings. The van der Waals surface area contributed by atoms with Gasteiger partial charge in [0, 0.05) is 19.4 Å². The zero-order chi connectivity index (χ0) is 31.1. The molecule has 15 heteroatoms. The van der Waals surface area contributed by atoms with Gasteiger partial charge in [-0.15, -0.1) is 0 Å². The Morgan fingerprint density at radius 3 is 2.05 bits per heavy atom. The van der Waals surface area contributed by atoms with Crippen LogP contribution in [0.25, 0.3) is 0 Å². The van der Waals surface area contributed by atoms with E-state index in [1.807, 2.05) is 6.92 Å². The smallest absolute Gasteiger partial charge is 0.326 e. The average Bonchev–Trinajstić information content (AvgIpc) is 2.91. The summed E-state index contributed by atoms with van der Waals surface area (Å²) in [7, 11) is 0. The molecular formula is C26H42N8O7. The third-order valence-electron chi connectivity index (χ3n) is 6.40. The average molecular weight is 579 g/mol. The molecule has 1 rings (SSSR count). The van der Waals surface area contributed by atoms with Gasteiger partial charge < -0.3 is 49.1 Å². The summed E-state index contributed by atoms with van der Waals surface area (Å²) in [6.07, 6.45) is 0.606. The van der Waals surface area contributed by atoms with Crippen molar-refractivity contribution in [2.45, 2.75) is 76.5 Å². The van der Waals surface area contributed by atoms with Gasteiger partial charge in [-0.1, -0.05) is 32.4 Å². The van der Waals surface area contributed by atoms with Crippen molar-refractivity contribution >= 4 is 35.6 Å². The number of carbonyl (C=O) groups is 5. The molecule has 1 aromatic rings. The number of nitrogens with two attached hydrogens (primary N) is 4. The number of aliphatic carboxylic acids is 1. The highest BCUT2D eigenvalue weighted by atomic mass is 16.4. The highest BCUT2D eigenvalue weighted by Gasteiger charge is 2.32. The Balaban J connectivity index is 3.14. The molecule has 15 nitrogen and oxygen atoms in total. The van der Waals surface area contributed by atoms with Crippen molar-refractivity contribution in [3.63, 3.8) is 0 Å². The second-order valence-electron chi connectivity index (χ2n) is 9.76. The largest absolute Gasteiger partial charge is 0.508 e. The molecule has 0 heterocycles. The molecule has 0 spiro atoms. The molecule has 0 fully saturated rings. The molecule has 4 amide bonds. The van der Waals surface area contributed by atoms with E-state index in [9.17, 15) is 34.2 Å².